The highest BCUT2D eigenvalue weighted by Crippen LogP contribution is 2.22. The van der Waals surface area contributed by atoms with Crippen LogP contribution >= 0.6 is 0 Å². The Morgan fingerprint density at radius 3 is 2.65 bits per heavy atom. The first-order valence-electron chi connectivity index (χ1n) is 8.86. The molecule has 1 saturated heterocycles. The predicted octanol–water partition coefficient (Wildman–Crippen LogP) is 1.43. The maximum Gasteiger partial charge on any atom is 0.244 e. The van der Waals surface area contributed by atoms with Gasteiger partial charge in [-0.25, -0.2) is 14.2 Å². The smallest absolute Gasteiger partial charge is 0.244 e. The average Bonchev–Trinajstić information content (AvgIpc) is 3.35. The van der Waals surface area contributed by atoms with E-state index in [2.05, 4.69) is 31.0 Å². The lowest BCUT2D eigenvalue weighted by Crippen LogP contribution is -2.19. The fourth-order valence-electron chi connectivity index (χ4n) is 3.37. The minimum Gasteiger partial charge on any atom is -0.340 e. The summed E-state index contributed by atoms with van der Waals surface area (Å²) in [5, 5.41) is 9.16. The minimum atomic E-state index is -0.227. The number of hydrogen-bond donors (Lipinski definition) is 0. The Labute approximate surface area is 152 Å². The van der Waals surface area contributed by atoms with Crippen molar-refractivity contribution in [2.45, 2.75) is 39.0 Å². The van der Waals surface area contributed by atoms with Gasteiger partial charge in [0.25, 0.3) is 0 Å². The Balaban J connectivity index is 1.63. The van der Waals surface area contributed by atoms with Crippen molar-refractivity contribution in [1.29, 1.82) is 0 Å². The molecule has 8 heteroatoms. The van der Waals surface area contributed by atoms with Crippen LogP contribution in [0.1, 0.15) is 41.8 Å². The molecule has 1 atom stereocenters. The quantitative estimate of drug-likeness (QED) is 0.663. The number of fused-ring (bicyclic) bond motifs is 1. The summed E-state index contributed by atoms with van der Waals surface area (Å²) in [5.41, 5.74) is 2.56. The second-order valence-corrected chi connectivity index (χ2v) is 6.76. The summed E-state index contributed by atoms with van der Waals surface area (Å²) in [6.07, 6.45) is 10.5. The van der Waals surface area contributed by atoms with Crippen LogP contribution in [0.25, 0.3) is 5.65 Å². The van der Waals surface area contributed by atoms with Crippen LogP contribution in [0.15, 0.2) is 6.20 Å². The van der Waals surface area contributed by atoms with E-state index in [1.807, 2.05) is 25.4 Å². The van der Waals surface area contributed by atoms with Gasteiger partial charge in [-0.3, -0.25) is 4.98 Å². The first-order valence-corrected chi connectivity index (χ1v) is 8.86. The normalized spacial score (nSPS) is 15.5. The standard InChI is InChI=1S/C18H22N8/c1-5-14(17-21-18(23-24(17)4)25-8-6-7-9-25)10-15-20-16-13(3)19-11-12(2)26(16)22-15/h1,11,14H,6-10H2,2-4H3. The van der Waals surface area contributed by atoms with Gasteiger partial charge in [-0.2, -0.15) is 10.1 Å². The zero-order valence-corrected chi connectivity index (χ0v) is 15.3. The summed E-state index contributed by atoms with van der Waals surface area (Å²) in [7, 11) is 1.89. The Kier molecular flexibility index (Phi) is 4.07. The van der Waals surface area contributed by atoms with Crippen molar-refractivity contribution >= 4 is 11.6 Å². The lowest BCUT2D eigenvalue weighted by Gasteiger charge is -2.11. The van der Waals surface area contributed by atoms with Gasteiger partial charge in [0.15, 0.2) is 11.5 Å². The fraction of sp³-hybridized carbons (Fsp3) is 0.500. The molecule has 3 aromatic rings. The molecular weight excluding hydrogens is 328 g/mol. The summed E-state index contributed by atoms with van der Waals surface area (Å²) in [6.45, 7) is 5.89. The second-order valence-electron chi connectivity index (χ2n) is 6.76. The van der Waals surface area contributed by atoms with Crippen LogP contribution in [0.2, 0.25) is 0 Å². The fourth-order valence-corrected chi connectivity index (χ4v) is 3.37. The predicted molar refractivity (Wildman–Crippen MR) is 98.0 cm³/mol. The molecule has 134 valence electrons. The number of anilines is 1. The van der Waals surface area contributed by atoms with E-state index in [-0.39, 0.29) is 5.92 Å². The van der Waals surface area contributed by atoms with Crippen LogP contribution in [0, 0.1) is 26.2 Å². The monoisotopic (exact) mass is 350 g/mol. The van der Waals surface area contributed by atoms with Gasteiger partial charge < -0.3 is 4.90 Å². The summed E-state index contributed by atoms with van der Waals surface area (Å²) in [5.74, 6) is 4.84. The summed E-state index contributed by atoms with van der Waals surface area (Å²) in [4.78, 5) is 15.9. The molecule has 8 nitrogen and oxygen atoms in total. The highest BCUT2D eigenvalue weighted by Gasteiger charge is 2.23. The number of aromatic nitrogens is 7. The molecular formula is C18H22N8. The number of aryl methyl sites for hydroxylation is 3. The highest BCUT2D eigenvalue weighted by atomic mass is 15.4. The van der Waals surface area contributed by atoms with Crippen molar-refractivity contribution in [3.8, 4) is 12.3 Å². The van der Waals surface area contributed by atoms with E-state index in [0.29, 0.717) is 12.2 Å². The van der Waals surface area contributed by atoms with Crippen molar-refractivity contribution in [2.75, 3.05) is 18.0 Å². The van der Waals surface area contributed by atoms with Crippen molar-refractivity contribution in [2.24, 2.45) is 7.05 Å². The van der Waals surface area contributed by atoms with Gasteiger partial charge in [0, 0.05) is 32.8 Å². The molecule has 1 fully saturated rings. The molecule has 1 aliphatic heterocycles. The van der Waals surface area contributed by atoms with Gasteiger partial charge in [0.1, 0.15) is 5.82 Å². The van der Waals surface area contributed by atoms with E-state index >= 15 is 0 Å². The number of rotatable bonds is 4. The Hall–Kier alpha value is -2.95. The van der Waals surface area contributed by atoms with Crippen LogP contribution in [0.4, 0.5) is 5.95 Å². The molecule has 0 radical (unpaired) electrons. The first kappa shape index (κ1) is 16.5. The topological polar surface area (TPSA) is 77.0 Å². The number of nitrogens with zero attached hydrogens (tertiary/aromatic N) is 8. The third-order valence-corrected chi connectivity index (χ3v) is 4.83. The molecule has 0 N–H and O–H groups in total. The Morgan fingerprint density at radius 1 is 1.19 bits per heavy atom. The Morgan fingerprint density at radius 2 is 1.96 bits per heavy atom. The van der Waals surface area contributed by atoms with E-state index in [1.54, 1.807) is 10.9 Å². The van der Waals surface area contributed by atoms with Crippen LogP contribution in [0.5, 0.6) is 0 Å². The summed E-state index contributed by atoms with van der Waals surface area (Å²) in [6, 6.07) is 0. The van der Waals surface area contributed by atoms with E-state index < -0.39 is 0 Å². The van der Waals surface area contributed by atoms with Crippen LogP contribution in [-0.2, 0) is 13.5 Å². The number of hydrogen-bond acceptors (Lipinski definition) is 6. The molecule has 0 saturated carbocycles. The second kappa shape index (κ2) is 6.41. The maximum absolute atomic E-state index is 5.82. The zero-order chi connectivity index (χ0) is 18.3. The average molecular weight is 350 g/mol. The zero-order valence-electron chi connectivity index (χ0n) is 15.3. The molecule has 4 heterocycles. The summed E-state index contributed by atoms with van der Waals surface area (Å²) < 4.78 is 3.60. The van der Waals surface area contributed by atoms with E-state index in [0.717, 1.165) is 41.9 Å². The van der Waals surface area contributed by atoms with Gasteiger partial charge in [0.2, 0.25) is 5.95 Å². The lowest BCUT2D eigenvalue weighted by atomic mass is 10.1. The Bertz CT molecular complexity index is 948. The SMILES string of the molecule is C#CC(Cc1nc2c(C)ncc(C)n2n1)c1nc(N2CCCC2)nn1C. The van der Waals surface area contributed by atoms with E-state index in [4.69, 9.17) is 11.4 Å². The van der Waals surface area contributed by atoms with E-state index in [9.17, 15) is 0 Å². The molecule has 0 spiro atoms. The van der Waals surface area contributed by atoms with Crippen molar-refractivity contribution < 1.29 is 0 Å². The third kappa shape index (κ3) is 2.79. The van der Waals surface area contributed by atoms with Crippen molar-refractivity contribution in [1.82, 2.24) is 34.3 Å². The molecule has 1 aliphatic rings. The molecule has 0 aromatic carbocycles. The van der Waals surface area contributed by atoms with Crippen LogP contribution < -0.4 is 4.90 Å². The van der Waals surface area contributed by atoms with Crippen LogP contribution in [0.3, 0.4) is 0 Å². The van der Waals surface area contributed by atoms with Gasteiger partial charge >= 0.3 is 0 Å². The highest BCUT2D eigenvalue weighted by molar-refractivity contribution is 5.43. The molecule has 0 amide bonds. The third-order valence-electron chi connectivity index (χ3n) is 4.83. The minimum absolute atomic E-state index is 0.227. The largest absolute Gasteiger partial charge is 0.340 e. The van der Waals surface area contributed by atoms with Gasteiger partial charge in [-0.1, -0.05) is 5.92 Å². The molecule has 26 heavy (non-hydrogen) atoms. The molecule has 0 aliphatic carbocycles. The van der Waals surface area contributed by atoms with Gasteiger partial charge in [0.05, 0.1) is 17.3 Å². The molecule has 1 unspecified atom stereocenters. The first-order chi connectivity index (χ1) is 12.6. The van der Waals surface area contributed by atoms with Crippen molar-refractivity contribution in [3.63, 3.8) is 0 Å². The molecule has 0 bridgehead atoms. The number of terminal acetylenes is 1. The molecule has 4 rings (SSSR count). The summed E-state index contributed by atoms with van der Waals surface area (Å²) >= 11 is 0. The molecule has 3 aromatic heterocycles. The van der Waals surface area contributed by atoms with E-state index in [1.165, 1.54) is 12.8 Å². The maximum atomic E-state index is 5.82. The van der Waals surface area contributed by atoms with Crippen molar-refractivity contribution in [3.05, 3.63) is 29.2 Å². The van der Waals surface area contributed by atoms with Crippen LogP contribution in [-0.4, -0.2) is 47.4 Å². The van der Waals surface area contributed by atoms with Gasteiger partial charge in [-0.05, 0) is 26.7 Å². The van der Waals surface area contributed by atoms with Gasteiger partial charge in [-0.15, -0.1) is 11.5 Å². The lowest BCUT2D eigenvalue weighted by molar-refractivity contribution is 0.649.